The minimum atomic E-state index is 0.0355. The molecule has 3 aromatic rings. The second-order valence-electron chi connectivity index (χ2n) is 9.64. The molecule has 2 aromatic carbocycles. The number of piperazine rings is 2. The number of hydrogen-bond donors (Lipinski definition) is 0. The monoisotopic (exact) mass is 501 g/mol. The van der Waals surface area contributed by atoms with Gasteiger partial charge in [0.2, 0.25) is 0 Å². The van der Waals surface area contributed by atoms with Crippen LogP contribution in [0.15, 0.2) is 61.1 Å². The summed E-state index contributed by atoms with van der Waals surface area (Å²) in [6, 6.07) is 16.8. The molecule has 0 bridgehead atoms. The van der Waals surface area contributed by atoms with Gasteiger partial charge in [0.05, 0.1) is 29.6 Å². The van der Waals surface area contributed by atoms with Crippen LogP contribution in [0.5, 0.6) is 0 Å². The Morgan fingerprint density at radius 2 is 1.69 bits per heavy atom. The molecule has 8 heteroatoms. The van der Waals surface area contributed by atoms with Crippen molar-refractivity contribution in [2.24, 2.45) is 0 Å². The zero-order valence-corrected chi connectivity index (χ0v) is 21.5. The van der Waals surface area contributed by atoms with E-state index >= 15 is 0 Å². The lowest BCUT2D eigenvalue weighted by molar-refractivity contribution is 0.103. The zero-order chi connectivity index (χ0) is 24.9. The molecule has 2 saturated heterocycles. The molecule has 1 aromatic heterocycles. The van der Waals surface area contributed by atoms with Crippen LogP contribution in [0, 0.1) is 11.3 Å². The average Bonchev–Trinajstić information content (AvgIpc) is 2.92. The molecule has 0 aliphatic carbocycles. The molecule has 0 radical (unpaired) electrons. The van der Waals surface area contributed by atoms with Crippen molar-refractivity contribution in [3.8, 4) is 6.07 Å². The van der Waals surface area contributed by atoms with Gasteiger partial charge >= 0.3 is 0 Å². The summed E-state index contributed by atoms with van der Waals surface area (Å²) in [5.74, 6) is 0. The molecule has 2 aliphatic heterocycles. The zero-order valence-electron chi connectivity index (χ0n) is 20.7. The van der Waals surface area contributed by atoms with Crippen LogP contribution in [0.2, 0.25) is 5.02 Å². The van der Waals surface area contributed by atoms with E-state index in [1.165, 1.54) is 11.3 Å². The number of halogens is 1. The van der Waals surface area contributed by atoms with Crippen molar-refractivity contribution in [1.82, 2.24) is 24.7 Å². The highest BCUT2D eigenvalue weighted by molar-refractivity contribution is 6.30. The average molecular weight is 502 g/mol. The molecule has 0 spiro atoms. The van der Waals surface area contributed by atoms with Gasteiger partial charge in [-0.15, -0.1) is 0 Å². The maximum atomic E-state index is 9.75. The fourth-order valence-electron chi connectivity index (χ4n) is 5.17. The third-order valence-corrected chi connectivity index (χ3v) is 7.54. The number of hydrogen-bond acceptors (Lipinski definition) is 7. The summed E-state index contributed by atoms with van der Waals surface area (Å²) in [4.78, 5) is 18.7. The SMILES string of the molecule is CN1CCN(c2ccc(C#N)c(CN3CCN(C(c4ccc(Cl)cc4)c4cnccn4)CC3)c2)CC1. The van der Waals surface area contributed by atoms with Crippen molar-refractivity contribution in [3.63, 3.8) is 0 Å². The number of benzene rings is 2. The van der Waals surface area contributed by atoms with Crippen LogP contribution in [0.1, 0.15) is 28.4 Å². The van der Waals surface area contributed by atoms with Crippen LogP contribution in [0.4, 0.5) is 5.69 Å². The molecule has 2 aliphatic rings. The summed E-state index contributed by atoms with van der Waals surface area (Å²) >= 11 is 6.16. The predicted octanol–water partition coefficient (Wildman–Crippen LogP) is 3.66. The minimum absolute atomic E-state index is 0.0355. The fourth-order valence-corrected chi connectivity index (χ4v) is 5.29. The van der Waals surface area contributed by atoms with E-state index in [9.17, 15) is 5.26 Å². The topological polar surface area (TPSA) is 62.5 Å². The van der Waals surface area contributed by atoms with Gasteiger partial charge in [-0.25, -0.2) is 0 Å². The Hall–Kier alpha value is -3.02. The summed E-state index contributed by atoms with van der Waals surface area (Å²) in [7, 11) is 2.17. The normalized spacial score (nSPS) is 18.6. The van der Waals surface area contributed by atoms with E-state index < -0.39 is 0 Å². The van der Waals surface area contributed by atoms with E-state index in [2.05, 4.69) is 66.9 Å². The molecule has 7 nitrogen and oxygen atoms in total. The van der Waals surface area contributed by atoms with E-state index in [4.69, 9.17) is 11.6 Å². The molecule has 1 unspecified atom stereocenters. The molecule has 186 valence electrons. The third kappa shape index (κ3) is 5.69. The Morgan fingerprint density at radius 1 is 0.944 bits per heavy atom. The van der Waals surface area contributed by atoms with Gasteiger partial charge in [-0.2, -0.15) is 5.26 Å². The largest absolute Gasteiger partial charge is 0.369 e. The van der Waals surface area contributed by atoms with E-state index in [1.54, 1.807) is 12.4 Å². The lowest BCUT2D eigenvalue weighted by atomic mass is 10.0. The van der Waals surface area contributed by atoms with Gasteiger partial charge in [-0.05, 0) is 48.5 Å². The molecule has 1 atom stereocenters. The highest BCUT2D eigenvalue weighted by atomic mass is 35.5. The number of nitriles is 1. The number of anilines is 1. The van der Waals surface area contributed by atoms with Crippen LogP contribution in [-0.2, 0) is 6.54 Å². The van der Waals surface area contributed by atoms with Gasteiger partial charge in [0.1, 0.15) is 0 Å². The first-order valence-corrected chi connectivity index (χ1v) is 12.9. The van der Waals surface area contributed by atoms with Gasteiger partial charge in [0.25, 0.3) is 0 Å². The first-order valence-electron chi connectivity index (χ1n) is 12.5. The standard InChI is InChI=1S/C28H32ClN7/c1-33-10-14-35(15-11-33)26-7-4-23(19-30)24(18-26)21-34-12-16-36(17-13-34)28(27-20-31-8-9-32-27)22-2-5-25(29)6-3-22/h2-9,18,20,28H,10-17,21H2,1H3. The molecular weight excluding hydrogens is 470 g/mol. The van der Waals surface area contributed by atoms with Gasteiger partial charge < -0.3 is 9.80 Å². The number of aromatic nitrogens is 2. The van der Waals surface area contributed by atoms with Crippen LogP contribution in [-0.4, -0.2) is 84.1 Å². The van der Waals surface area contributed by atoms with Crippen molar-refractivity contribution < 1.29 is 0 Å². The maximum Gasteiger partial charge on any atom is 0.0995 e. The van der Waals surface area contributed by atoms with Gasteiger partial charge in [-0.3, -0.25) is 19.8 Å². The minimum Gasteiger partial charge on any atom is -0.369 e. The first kappa shape index (κ1) is 24.7. The van der Waals surface area contributed by atoms with Gasteiger partial charge in [-0.1, -0.05) is 23.7 Å². The molecular formula is C28H32ClN7. The second-order valence-corrected chi connectivity index (χ2v) is 10.1. The molecule has 36 heavy (non-hydrogen) atoms. The molecule has 0 amide bonds. The van der Waals surface area contributed by atoms with E-state index in [1.807, 2.05) is 24.4 Å². The number of likely N-dealkylation sites (N-methyl/N-ethyl adjacent to an activating group) is 1. The van der Waals surface area contributed by atoms with Crippen LogP contribution < -0.4 is 4.90 Å². The highest BCUT2D eigenvalue weighted by Gasteiger charge is 2.28. The first-order chi connectivity index (χ1) is 17.6. The second kappa shape index (κ2) is 11.4. The van der Waals surface area contributed by atoms with E-state index in [-0.39, 0.29) is 6.04 Å². The maximum absolute atomic E-state index is 9.75. The Morgan fingerprint density at radius 3 is 2.36 bits per heavy atom. The van der Waals surface area contributed by atoms with Crippen LogP contribution in [0.3, 0.4) is 0 Å². The number of nitrogens with zero attached hydrogens (tertiary/aromatic N) is 7. The smallest absolute Gasteiger partial charge is 0.0995 e. The van der Waals surface area contributed by atoms with E-state index in [0.29, 0.717) is 0 Å². The molecule has 2 fully saturated rings. The predicted molar refractivity (Wildman–Crippen MR) is 143 cm³/mol. The molecule has 3 heterocycles. The quantitative estimate of drug-likeness (QED) is 0.510. The molecule has 5 rings (SSSR count). The summed E-state index contributed by atoms with van der Waals surface area (Å²) in [6.45, 7) is 8.63. The van der Waals surface area contributed by atoms with Crippen molar-refractivity contribution in [2.75, 3.05) is 64.3 Å². The highest BCUT2D eigenvalue weighted by Crippen LogP contribution is 2.29. The van der Waals surface area contributed by atoms with Gasteiger partial charge in [0.15, 0.2) is 0 Å². The Balaban J connectivity index is 1.29. The molecule has 0 N–H and O–H groups in total. The lowest BCUT2D eigenvalue weighted by Crippen LogP contribution is -2.47. The summed E-state index contributed by atoms with van der Waals surface area (Å²) in [6.07, 6.45) is 5.32. The van der Waals surface area contributed by atoms with Crippen molar-refractivity contribution in [3.05, 3.63) is 88.5 Å². The summed E-state index contributed by atoms with van der Waals surface area (Å²) < 4.78 is 0. The van der Waals surface area contributed by atoms with Crippen LogP contribution in [0.25, 0.3) is 0 Å². The fraction of sp³-hybridized carbons (Fsp3) is 0.393. The van der Waals surface area contributed by atoms with Crippen LogP contribution >= 0.6 is 11.6 Å². The van der Waals surface area contributed by atoms with Crippen molar-refractivity contribution >= 4 is 17.3 Å². The Kier molecular flexibility index (Phi) is 7.78. The van der Waals surface area contributed by atoms with Crippen molar-refractivity contribution in [1.29, 1.82) is 5.26 Å². The van der Waals surface area contributed by atoms with Crippen molar-refractivity contribution in [2.45, 2.75) is 12.6 Å². The Bertz CT molecular complexity index is 1180. The van der Waals surface area contributed by atoms with Gasteiger partial charge in [0, 0.05) is 82.0 Å². The third-order valence-electron chi connectivity index (χ3n) is 7.29. The molecule has 0 saturated carbocycles. The summed E-state index contributed by atoms with van der Waals surface area (Å²) in [5, 5.41) is 10.5. The van der Waals surface area contributed by atoms with E-state index in [0.717, 1.165) is 80.7 Å². The Labute approximate surface area is 218 Å². The lowest BCUT2D eigenvalue weighted by Gasteiger charge is -2.39. The summed E-state index contributed by atoms with van der Waals surface area (Å²) in [5.41, 5.74) is 5.22. The number of rotatable bonds is 6.